The molecule has 9 heteroatoms. The number of sulfone groups is 1. The summed E-state index contributed by atoms with van der Waals surface area (Å²) in [5, 5.41) is 17.5. The Labute approximate surface area is 182 Å². The van der Waals surface area contributed by atoms with E-state index >= 15 is 0 Å². The maximum absolute atomic E-state index is 13.0. The first kappa shape index (κ1) is 23.3. The molecule has 0 spiro atoms. The van der Waals surface area contributed by atoms with E-state index in [0.717, 1.165) is 11.1 Å². The molecule has 2 N–H and O–H groups in total. The molecule has 1 atom stereocenters. The number of halogens is 4. The zero-order valence-corrected chi connectivity index (χ0v) is 17.5. The van der Waals surface area contributed by atoms with E-state index in [2.05, 4.69) is 0 Å². The van der Waals surface area contributed by atoms with Crippen LogP contribution in [-0.4, -0.2) is 36.3 Å². The van der Waals surface area contributed by atoms with Gasteiger partial charge in [-0.1, -0.05) is 78.3 Å². The number of alkyl halides is 3. The van der Waals surface area contributed by atoms with Gasteiger partial charge in [0.25, 0.3) is 5.79 Å². The highest BCUT2D eigenvalue weighted by atomic mass is 35.5. The van der Waals surface area contributed by atoms with Gasteiger partial charge in [0, 0.05) is 5.02 Å². The fraction of sp³-hybridized carbons (Fsp3) is 0.182. The van der Waals surface area contributed by atoms with Gasteiger partial charge in [0.15, 0.2) is 9.84 Å². The van der Waals surface area contributed by atoms with Crippen LogP contribution in [0.4, 0.5) is 13.2 Å². The first-order chi connectivity index (χ1) is 14.4. The average molecular weight is 471 g/mol. The van der Waals surface area contributed by atoms with Crippen LogP contribution in [0, 0.1) is 0 Å². The molecule has 0 aromatic heterocycles. The Balaban J connectivity index is 2.06. The van der Waals surface area contributed by atoms with Crippen LogP contribution in [0.5, 0.6) is 0 Å². The van der Waals surface area contributed by atoms with E-state index in [0.29, 0.717) is 5.02 Å². The largest absolute Gasteiger partial charge is 0.443 e. The summed E-state index contributed by atoms with van der Waals surface area (Å²) in [4.78, 5) is 0. The van der Waals surface area contributed by atoms with E-state index in [1.807, 2.05) is 30.3 Å². The van der Waals surface area contributed by atoms with Crippen LogP contribution in [0.3, 0.4) is 0 Å². The van der Waals surface area contributed by atoms with Crippen LogP contribution in [0.15, 0.2) is 78.9 Å². The van der Waals surface area contributed by atoms with Crippen LogP contribution < -0.4 is 0 Å². The molecule has 0 aliphatic carbocycles. The molecule has 0 fully saturated rings. The third-order valence-corrected chi connectivity index (χ3v) is 7.03. The first-order valence-electron chi connectivity index (χ1n) is 9.05. The van der Waals surface area contributed by atoms with Gasteiger partial charge in [-0.2, -0.15) is 13.2 Å². The van der Waals surface area contributed by atoms with Crippen molar-refractivity contribution in [3.05, 3.63) is 95.0 Å². The van der Waals surface area contributed by atoms with Gasteiger partial charge in [-0.25, -0.2) is 8.42 Å². The lowest BCUT2D eigenvalue weighted by Gasteiger charge is -2.27. The monoisotopic (exact) mass is 470 g/mol. The molecule has 31 heavy (non-hydrogen) atoms. The van der Waals surface area contributed by atoms with E-state index in [-0.39, 0.29) is 11.1 Å². The number of hydrogen-bond acceptors (Lipinski definition) is 4. The minimum absolute atomic E-state index is 0.148. The molecule has 0 saturated carbocycles. The lowest BCUT2D eigenvalue weighted by atomic mass is 10.00. The van der Waals surface area contributed by atoms with Gasteiger partial charge >= 0.3 is 6.18 Å². The Kier molecular flexibility index (Phi) is 6.48. The Hall–Kier alpha value is -2.39. The molecular formula is C22H18ClF3O4S. The Morgan fingerprint density at radius 1 is 0.774 bits per heavy atom. The highest BCUT2D eigenvalue weighted by molar-refractivity contribution is 7.91. The van der Waals surface area contributed by atoms with Gasteiger partial charge in [-0.3, -0.25) is 0 Å². The molecule has 3 aromatic rings. The Bertz CT molecular complexity index is 1130. The summed E-state index contributed by atoms with van der Waals surface area (Å²) >= 11 is 5.85. The van der Waals surface area contributed by atoms with Gasteiger partial charge in [0.05, 0.1) is 0 Å². The maximum Gasteiger partial charge on any atom is 0.443 e. The van der Waals surface area contributed by atoms with Crippen molar-refractivity contribution < 1.29 is 31.8 Å². The lowest BCUT2D eigenvalue weighted by Crippen LogP contribution is -2.51. The third-order valence-electron chi connectivity index (χ3n) is 4.71. The van der Waals surface area contributed by atoms with Gasteiger partial charge in [-0.05, 0) is 34.4 Å². The summed E-state index contributed by atoms with van der Waals surface area (Å²) in [6.07, 6.45) is -5.54. The zero-order valence-electron chi connectivity index (χ0n) is 15.9. The summed E-state index contributed by atoms with van der Waals surface area (Å²) in [6.45, 7) is 0. The highest BCUT2D eigenvalue weighted by Crippen LogP contribution is 2.37. The van der Waals surface area contributed by atoms with Crippen molar-refractivity contribution in [1.82, 2.24) is 0 Å². The summed E-state index contributed by atoms with van der Waals surface area (Å²) in [5.41, 5.74) is 1.99. The summed E-state index contributed by atoms with van der Waals surface area (Å²) < 4.78 is 64.8. The van der Waals surface area contributed by atoms with Crippen molar-refractivity contribution in [2.75, 3.05) is 5.75 Å². The van der Waals surface area contributed by atoms with Crippen molar-refractivity contribution in [2.24, 2.45) is 0 Å². The van der Waals surface area contributed by atoms with Crippen molar-refractivity contribution in [3.8, 4) is 11.1 Å². The molecule has 3 aromatic carbocycles. The molecule has 3 rings (SSSR count). The Morgan fingerprint density at radius 2 is 1.23 bits per heavy atom. The van der Waals surface area contributed by atoms with Crippen LogP contribution in [0.2, 0.25) is 5.02 Å². The van der Waals surface area contributed by atoms with E-state index in [1.165, 1.54) is 36.4 Å². The van der Waals surface area contributed by atoms with Crippen LogP contribution in [0.25, 0.3) is 11.1 Å². The summed E-state index contributed by atoms with van der Waals surface area (Å²) in [5.74, 6) is -6.31. The molecule has 0 aliphatic rings. The predicted molar refractivity (Wildman–Crippen MR) is 112 cm³/mol. The predicted octanol–water partition coefficient (Wildman–Crippen LogP) is 4.75. The second-order valence-electron chi connectivity index (χ2n) is 7.04. The molecule has 164 valence electrons. The summed E-state index contributed by atoms with van der Waals surface area (Å²) in [6, 6.07) is 21.1. The number of hydrogen-bond donors (Lipinski definition) is 2. The van der Waals surface area contributed by atoms with E-state index in [1.54, 1.807) is 12.1 Å². The molecule has 4 nitrogen and oxygen atoms in total. The second kappa shape index (κ2) is 8.63. The molecule has 0 saturated heterocycles. The minimum atomic E-state index is -5.54. The van der Waals surface area contributed by atoms with Crippen LogP contribution in [0.1, 0.15) is 16.4 Å². The number of benzene rings is 3. The van der Waals surface area contributed by atoms with Crippen molar-refractivity contribution in [3.63, 3.8) is 0 Å². The van der Waals surface area contributed by atoms with Crippen LogP contribution in [-0.2, 0) is 9.84 Å². The normalized spacial score (nSPS) is 13.7. The quantitative estimate of drug-likeness (QED) is 0.510. The Morgan fingerprint density at radius 3 is 1.71 bits per heavy atom. The number of aliphatic hydroxyl groups is 2. The minimum Gasteiger partial charge on any atom is -0.358 e. The SMILES string of the molecule is O=S(=O)(CC(O)(O)C(F)(F)F)C(c1ccc(Cl)cc1)c1ccc(-c2ccccc2)cc1. The molecule has 0 heterocycles. The van der Waals surface area contributed by atoms with E-state index < -0.39 is 32.8 Å². The van der Waals surface area contributed by atoms with Gasteiger partial charge in [0.1, 0.15) is 11.0 Å². The topological polar surface area (TPSA) is 74.6 Å². The van der Waals surface area contributed by atoms with Crippen molar-refractivity contribution in [1.29, 1.82) is 0 Å². The standard InChI is InChI=1S/C22H18ClF3O4S/c23-19-12-10-18(11-13-19)20(31(29,30)14-21(27,28)22(24,25)26)17-8-6-16(7-9-17)15-4-2-1-3-5-15/h1-13,20,27-28H,14H2. The summed E-state index contributed by atoms with van der Waals surface area (Å²) in [7, 11) is -4.72. The number of rotatable bonds is 6. The van der Waals surface area contributed by atoms with Crippen molar-refractivity contribution in [2.45, 2.75) is 17.2 Å². The van der Waals surface area contributed by atoms with Crippen LogP contribution >= 0.6 is 11.6 Å². The molecule has 0 bridgehead atoms. The third kappa shape index (κ3) is 5.27. The average Bonchev–Trinajstić information content (AvgIpc) is 2.69. The smallest absolute Gasteiger partial charge is 0.358 e. The first-order valence-corrected chi connectivity index (χ1v) is 11.1. The second-order valence-corrected chi connectivity index (χ2v) is 9.56. The van der Waals surface area contributed by atoms with Crippen molar-refractivity contribution >= 4 is 21.4 Å². The molecule has 1 unspecified atom stereocenters. The fourth-order valence-corrected chi connectivity index (χ4v) is 5.33. The fourth-order valence-electron chi connectivity index (χ4n) is 3.17. The van der Waals surface area contributed by atoms with E-state index in [9.17, 15) is 31.8 Å². The van der Waals surface area contributed by atoms with E-state index in [4.69, 9.17) is 11.6 Å². The molecule has 0 amide bonds. The van der Waals surface area contributed by atoms with Gasteiger partial charge < -0.3 is 10.2 Å². The van der Waals surface area contributed by atoms with Gasteiger partial charge in [0.2, 0.25) is 0 Å². The lowest BCUT2D eigenvalue weighted by molar-refractivity contribution is -0.337. The molecular weight excluding hydrogens is 453 g/mol. The van der Waals surface area contributed by atoms with Gasteiger partial charge in [-0.15, -0.1) is 0 Å². The maximum atomic E-state index is 13.0. The molecule has 0 radical (unpaired) electrons. The highest BCUT2D eigenvalue weighted by Gasteiger charge is 2.56. The zero-order chi connectivity index (χ0) is 22.9. The molecule has 0 aliphatic heterocycles.